The van der Waals surface area contributed by atoms with Gasteiger partial charge in [-0.05, 0) is 54.3 Å². The van der Waals surface area contributed by atoms with Crippen LogP contribution in [0, 0.1) is 0 Å². The van der Waals surface area contributed by atoms with Crippen LogP contribution in [0.3, 0.4) is 0 Å². The van der Waals surface area contributed by atoms with Crippen molar-refractivity contribution in [1.29, 1.82) is 0 Å². The predicted molar refractivity (Wildman–Crippen MR) is 165 cm³/mol. The number of hydrogen-bond acceptors (Lipinski definition) is 5. The summed E-state index contributed by atoms with van der Waals surface area (Å²) in [6, 6.07) is 29.5. The minimum Gasteiger partial charge on any atom is -0.494 e. The van der Waals surface area contributed by atoms with Gasteiger partial charge in [-0.3, -0.25) is 9.69 Å². The average molecular weight is 645 g/mol. The second-order valence-corrected chi connectivity index (χ2v) is 12.6. The lowest BCUT2D eigenvalue weighted by Crippen LogP contribution is -2.45. The van der Waals surface area contributed by atoms with Gasteiger partial charge in [0.05, 0.1) is 29.0 Å². The zero-order valence-corrected chi connectivity index (χ0v) is 25.7. The van der Waals surface area contributed by atoms with Gasteiger partial charge in [-0.2, -0.15) is 13.2 Å². The molecule has 0 spiro atoms. The van der Waals surface area contributed by atoms with Crippen LogP contribution in [0.1, 0.15) is 46.0 Å². The molecule has 0 aromatic heterocycles. The summed E-state index contributed by atoms with van der Waals surface area (Å²) >= 11 is 6.36. The largest absolute Gasteiger partial charge is 0.494 e. The van der Waals surface area contributed by atoms with Crippen molar-refractivity contribution in [3.8, 4) is 5.75 Å². The summed E-state index contributed by atoms with van der Waals surface area (Å²) in [5, 5.41) is -0.339. The Morgan fingerprint density at radius 1 is 0.886 bits per heavy atom. The van der Waals surface area contributed by atoms with Crippen LogP contribution >= 0.6 is 11.6 Å². The molecule has 4 aromatic carbocycles. The molecule has 44 heavy (non-hydrogen) atoms. The molecule has 0 aliphatic heterocycles. The van der Waals surface area contributed by atoms with Gasteiger partial charge in [0.15, 0.2) is 0 Å². The lowest BCUT2D eigenvalue weighted by molar-refractivity contribution is -0.137. The second kappa shape index (κ2) is 13.8. The highest BCUT2D eigenvalue weighted by atomic mass is 35.5. The summed E-state index contributed by atoms with van der Waals surface area (Å²) in [4.78, 5) is 14.3. The first-order valence-electron chi connectivity index (χ1n) is 13.7. The van der Waals surface area contributed by atoms with E-state index in [0.717, 1.165) is 23.4 Å². The molecule has 0 bridgehead atoms. The number of alkyl halides is 3. The fraction of sp³-hybridized carbons (Fsp3) is 0.242. The van der Waals surface area contributed by atoms with Gasteiger partial charge in [0.25, 0.3) is 5.91 Å². The van der Waals surface area contributed by atoms with Crippen molar-refractivity contribution in [1.82, 2.24) is 9.62 Å². The van der Waals surface area contributed by atoms with Crippen molar-refractivity contribution in [3.05, 3.63) is 136 Å². The Balaban J connectivity index is 1.63. The first-order chi connectivity index (χ1) is 20.8. The van der Waals surface area contributed by atoms with E-state index >= 15 is 0 Å². The van der Waals surface area contributed by atoms with Crippen molar-refractivity contribution in [2.75, 3.05) is 19.4 Å². The van der Waals surface area contributed by atoms with Crippen molar-refractivity contribution in [2.24, 2.45) is 0 Å². The number of nitrogens with one attached hydrogen (secondary N) is 1. The molecule has 11 heteroatoms. The number of nitrogens with zero attached hydrogens (tertiary/aromatic N) is 1. The Labute approximate surface area is 260 Å². The van der Waals surface area contributed by atoms with E-state index in [9.17, 15) is 26.4 Å². The quantitative estimate of drug-likeness (QED) is 0.164. The molecule has 4 rings (SSSR count). The molecule has 0 fully saturated rings. The van der Waals surface area contributed by atoms with Crippen LogP contribution in [-0.4, -0.2) is 38.6 Å². The van der Waals surface area contributed by atoms with Gasteiger partial charge < -0.3 is 4.74 Å². The van der Waals surface area contributed by atoms with Crippen molar-refractivity contribution in [3.63, 3.8) is 0 Å². The second-order valence-electron chi connectivity index (χ2n) is 10.4. The third-order valence-electron chi connectivity index (χ3n) is 7.26. The molecule has 0 unspecified atom stereocenters. The topological polar surface area (TPSA) is 75.7 Å². The number of sulfonamides is 1. The number of amides is 1. The Hall–Kier alpha value is -3.86. The highest BCUT2D eigenvalue weighted by Gasteiger charge is 2.38. The molecular formula is C33H32ClF3N2O4S. The minimum absolute atomic E-state index is 0.115. The summed E-state index contributed by atoms with van der Waals surface area (Å²) in [6.45, 7) is 2.76. The number of carbonyl (C=O) groups is 1. The molecule has 0 heterocycles. The average Bonchev–Trinajstić information content (AvgIpc) is 2.98. The zero-order chi connectivity index (χ0) is 32.0. The van der Waals surface area contributed by atoms with E-state index in [1.165, 1.54) is 18.2 Å². The van der Waals surface area contributed by atoms with Crippen LogP contribution in [0.4, 0.5) is 13.2 Å². The third-order valence-corrected chi connectivity index (χ3v) is 8.27. The number of benzene rings is 4. The molecule has 0 atom stereocenters. The van der Waals surface area contributed by atoms with Gasteiger partial charge in [-0.15, -0.1) is 0 Å². The lowest BCUT2D eigenvalue weighted by Gasteiger charge is -2.43. The maximum atomic E-state index is 13.7. The molecular weight excluding hydrogens is 613 g/mol. The molecule has 1 amide bonds. The first-order valence-corrected chi connectivity index (χ1v) is 16.0. The molecule has 6 nitrogen and oxygen atoms in total. The summed E-state index contributed by atoms with van der Waals surface area (Å²) in [5.74, 6) is -0.406. The number of rotatable bonds is 12. The highest BCUT2D eigenvalue weighted by Crippen LogP contribution is 2.40. The van der Waals surface area contributed by atoms with E-state index < -0.39 is 33.2 Å². The summed E-state index contributed by atoms with van der Waals surface area (Å²) in [7, 11) is -3.73. The minimum atomic E-state index is -4.60. The van der Waals surface area contributed by atoms with E-state index in [0.29, 0.717) is 24.3 Å². The van der Waals surface area contributed by atoms with Crippen molar-refractivity contribution in [2.45, 2.75) is 31.6 Å². The van der Waals surface area contributed by atoms with Crippen LogP contribution < -0.4 is 9.46 Å². The Bertz CT molecular complexity index is 1650. The molecule has 0 aliphatic rings. The number of carbonyl (C=O) groups excluding carboxylic acids is 1. The van der Waals surface area contributed by atoms with Gasteiger partial charge in [-0.25, -0.2) is 13.1 Å². The van der Waals surface area contributed by atoms with E-state index in [1.807, 2.05) is 72.3 Å². The summed E-state index contributed by atoms with van der Waals surface area (Å²) in [5.41, 5.74) is 0.698. The van der Waals surface area contributed by atoms with Gasteiger partial charge in [0.1, 0.15) is 5.75 Å². The molecule has 0 aliphatic carbocycles. The van der Waals surface area contributed by atoms with Gasteiger partial charge in [0.2, 0.25) is 10.0 Å². The Morgan fingerprint density at radius 2 is 1.48 bits per heavy atom. The van der Waals surface area contributed by atoms with Crippen LogP contribution in [0.25, 0.3) is 0 Å². The SMILES string of the molecule is CC(c1ccccc1)(c1ccccc1)N(CCCOc1cccc(C(=O)NS(C)(=O)=O)c1)Cc1cccc(C(F)(F)F)c1Cl. The van der Waals surface area contributed by atoms with Crippen LogP contribution in [0.2, 0.25) is 5.02 Å². The molecule has 232 valence electrons. The van der Waals surface area contributed by atoms with Gasteiger partial charge >= 0.3 is 6.18 Å². The first kappa shape index (κ1) is 33.0. The lowest BCUT2D eigenvalue weighted by atomic mass is 9.82. The van der Waals surface area contributed by atoms with Gasteiger partial charge in [0, 0.05) is 18.7 Å². The monoisotopic (exact) mass is 644 g/mol. The number of halogens is 4. The van der Waals surface area contributed by atoms with E-state index in [1.54, 1.807) is 18.2 Å². The Morgan fingerprint density at radius 3 is 2.05 bits per heavy atom. The number of ether oxygens (including phenoxy) is 1. The van der Waals surface area contributed by atoms with E-state index in [2.05, 4.69) is 4.90 Å². The van der Waals surface area contributed by atoms with Crippen LogP contribution in [-0.2, 0) is 28.3 Å². The molecule has 0 saturated heterocycles. The van der Waals surface area contributed by atoms with Crippen molar-refractivity contribution >= 4 is 27.5 Å². The molecule has 1 N–H and O–H groups in total. The summed E-state index contributed by atoms with van der Waals surface area (Å²) in [6.07, 6.45) is -3.24. The normalized spacial score (nSPS) is 12.2. The number of hydrogen-bond donors (Lipinski definition) is 1. The fourth-order valence-corrected chi connectivity index (χ4v) is 5.79. The molecule has 0 saturated carbocycles. The standard InChI is InChI=1S/C33H32ClF3N2O4S/c1-32(26-14-5-3-6-15-26,27-16-7-4-8-17-27)39(23-25-13-10-19-29(30(25)34)33(35,36)37)20-11-21-43-28-18-9-12-24(22-28)31(40)38-44(2,41)42/h3-10,12-19,22H,11,20-21,23H2,1-2H3,(H,38,40). The fourth-order valence-electron chi connectivity index (χ4n) is 5.04. The Kier molecular flexibility index (Phi) is 10.4. The maximum Gasteiger partial charge on any atom is 0.417 e. The third kappa shape index (κ3) is 8.19. The maximum absolute atomic E-state index is 13.7. The summed E-state index contributed by atoms with van der Waals surface area (Å²) < 4.78 is 71.9. The molecule has 0 radical (unpaired) electrons. The van der Waals surface area contributed by atoms with Gasteiger partial charge in [-0.1, -0.05) is 90.5 Å². The zero-order valence-electron chi connectivity index (χ0n) is 24.1. The predicted octanol–water partition coefficient (Wildman–Crippen LogP) is 7.28. The molecule has 4 aromatic rings. The smallest absolute Gasteiger partial charge is 0.417 e. The highest BCUT2D eigenvalue weighted by molar-refractivity contribution is 7.89. The van der Waals surface area contributed by atoms with Crippen LogP contribution in [0.15, 0.2) is 103 Å². The van der Waals surface area contributed by atoms with Crippen LogP contribution in [0.5, 0.6) is 5.75 Å². The van der Waals surface area contributed by atoms with E-state index in [-0.39, 0.29) is 23.7 Å². The van der Waals surface area contributed by atoms with Crippen molar-refractivity contribution < 1.29 is 31.1 Å². The van der Waals surface area contributed by atoms with E-state index in [4.69, 9.17) is 16.3 Å².